The highest BCUT2D eigenvalue weighted by Crippen LogP contribution is 2.06. The Hall–Kier alpha value is -2.03. The lowest BCUT2D eigenvalue weighted by molar-refractivity contribution is -0.121. The molecule has 0 fully saturated rings. The number of nitrogens with one attached hydrogen (secondary N) is 1. The summed E-state index contributed by atoms with van der Waals surface area (Å²) in [5, 5.41) is 2.94. The molecule has 0 unspecified atom stereocenters. The Morgan fingerprint density at radius 3 is 2.53 bits per heavy atom. The summed E-state index contributed by atoms with van der Waals surface area (Å²) in [6.45, 7) is 2.67. The number of carbonyl (C=O) groups is 1. The predicted molar refractivity (Wildman–Crippen MR) is 76.8 cm³/mol. The number of aromatic nitrogens is 1. The van der Waals surface area contributed by atoms with E-state index in [-0.39, 0.29) is 5.91 Å². The minimum atomic E-state index is 0.101. The lowest BCUT2D eigenvalue weighted by Crippen LogP contribution is -2.22. The second-order valence-corrected chi connectivity index (χ2v) is 4.95. The summed E-state index contributed by atoms with van der Waals surface area (Å²) in [5.74, 6) is 0.101. The first-order valence-corrected chi connectivity index (χ1v) is 6.56. The van der Waals surface area contributed by atoms with E-state index in [1.54, 1.807) is 0 Å². The molecule has 0 aliphatic carbocycles. The Bertz CT molecular complexity index is 540. The molecule has 0 aliphatic heterocycles. The van der Waals surface area contributed by atoms with Gasteiger partial charge >= 0.3 is 0 Å². The monoisotopic (exact) mass is 256 g/mol. The molecular weight excluding hydrogens is 236 g/mol. The summed E-state index contributed by atoms with van der Waals surface area (Å²) in [5.41, 5.74) is 3.59. The standard InChI is InChI=1S/C16H20N2O/c1-13-3-5-14(6-4-13)7-8-16(19)17-11-15-9-10-18(2)12-15/h3-6,9-10,12H,7-8,11H2,1-2H3,(H,17,19). The van der Waals surface area contributed by atoms with Crippen LogP contribution in [-0.4, -0.2) is 10.5 Å². The zero-order chi connectivity index (χ0) is 13.7. The zero-order valence-electron chi connectivity index (χ0n) is 11.5. The van der Waals surface area contributed by atoms with E-state index in [2.05, 4.69) is 36.5 Å². The van der Waals surface area contributed by atoms with Crippen molar-refractivity contribution in [3.05, 3.63) is 59.4 Å². The van der Waals surface area contributed by atoms with Gasteiger partial charge in [-0.15, -0.1) is 0 Å². The van der Waals surface area contributed by atoms with Crippen LogP contribution in [0, 0.1) is 6.92 Å². The van der Waals surface area contributed by atoms with Crippen molar-refractivity contribution in [1.29, 1.82) is 0 Å². The van der Waals surface area contributed by atoms with Crippen molar-refractivity contribution in [1.82, 2.24) is 9.88 Å². The maximum absolute atomic E-state index is 11.7. The number of rotatable bonds is 5. The van der Waals surface area contributed by atoms with E-state index in [4.69, 9.17) is 0 Å². The maximum atomic E-state index is 11.7. The first-order chi connectivity index (χ1) is 9.13. The van der Waals surface area contributed by atoms with E-state index in [1.165, 1.54) is 11.1 Å². The highest BCUT2D eigenvalue weighted by atomic mass is 16.1. The van der Waals surface area contributed by atoms with Crippen LogP contribution in [-0.2, 0) is 24.8 Å². The molecule has 1 amide bonds. The average Bonchev–Trinajstić information content (AvgIpc) is 2.81. The number of aryl methyl sites for hydroxylation is 3. The molecule has 0 spiro atoms. The van der Waals surface area contributed by atoms with Gasteiger partial charge in [0.15, 0.2) is 0 Å². The van der Waals surface area contributed by atoms with Crippen molar-refractivity contribution >= 4 is 5.91 Å². The number of benzene rings is 1. The third kappa shape index (κ3) is 4.28. The molecule has 1 heterocycles. The normalized spacial score (nSPS) is 10.4. The van der Waals surface area contributed by atoms with Crippen molar-refractivity contribution in [2.75, 3.05) is 0 Å². The maximum Gasteiger partial charge on any atom is 0.220 e. The van der Waals surface area contributed by atoms with E-state index in [1.807, 2.05) is 30.1 Å². The lowest BCUT2D eigenvalue weighted by atomic mass is 10.1. The molecule has 1 N–H and O–H groups in total. The largest absolute Gasteiger partial charge is 0.357 e. The second-order valence-electron chi connectivity index (χ2n) is 4.95. The first kappa shape index (κ1) is 13.4. The number of nitrogens with zero attached hydrogens (tertiary/aromatic N) is 1. The van der Waals surface area contributed by atoms with Crippen molar-refractivity contribution in [3.63, 3.8) is 0 Å². The number of hydrogen-bond donors (Lipinski definition) is 1. The molecule has 100 valence electrons. The highest BCUT2D eigenvalue weighted by Gasteiger charge is 2.03. The van der Waals surface area contributed by atoms with Gasteiger partial charge in [-0.3, -0.25) is 4.79 Å². The van der Waals surface area contributed by atoms with Crippen molar-refractivity contribution in [3.8, 4) is 0 Å². The van der Waals surface area contributed by atoms with Crippen LogP contribution in [0.25, 0.3) is 0 Å². The summed E-state index contributed by atoms with van der Waals surface area (Å²) in [4.78, 5) is 11.7. The minimum Gasteiger partial charge on any atom is -0.357 e. The molecule has 0 radical (unpaired) electrons. The fraction of sp³-hybridized carbons (Fsp3) is 0.312. The fourth-order valence-corrected chi connectivity index (χ4v) is 1.97. The summed E-state index contributed by atoms with van der Waals surface area (Å²) >= 11 is 0. The predicted octanol–water partition coefficient (Wildman–Crippen LogP) is 2.58. The Morgan fingerprint density at radius 1 is 1.16 bits per heavy atom. The molecule has 2 aromatic rings. The van der Waals surface area contributed by atoms with Gasteiger partial charge in [-0.05, 0) is 30.5 Å². The van der Waals surface area contributed by atoms with Gasteiger partial charge in [0.25, 0.3) is 0 Å². The van der Waals surface area contributed by atoms with E-state index in [0.717, 1.165) is 12.0 Å². The van der Waals surface area contributed by atoms with Crippen molar-refractivity contribution < 1.29 is 4.79 Å². The van der Waals surface area contributed by atoms with Crippen LogP contribution in [0.3, 0.4) is 0 Å². The fourth-order valence-electron chi connectivity index (χ4n) is 1.97. The number of amides is 1. The summed E-state index contributed by atoms with van der Waals surface area (Å²) in [7, 11) is 1.97. The Morgan fingerprint density at radius 2 is 1.89 bits per heavy atom. The van der Waals surface area contributed by atoms with Crippen LogP contribution in [0.1, 0.15) is 23.1 Å². The summed E-state index contributed by atoms with van der Waals surface area (Å²) in [6.07, 6.45) is 5.32. The van der Waals surface area contributed by atoms with Crippen LogP contribution < -0.4 is 5.32 Å². The van der Waals surface area contributed by atoms with Gasteiger partial charge in [0, 0.05) is 32.4 Å². The van der Waals surface area contributed by atoms with Crippen molar-refractivity contribution in [2.45, 2.75) is 26.3 Å². The molecule has 0 aliphatic rings. The zero-order valence-corrected chi connectivity index (χ0v) is 11.5. The molecule has 1 aromatic heterocycles. The highest BCUT2D eigenvalue weighted by molar-refractivity contribution is 5.76. The molecule has 0 saturated heterocycles. The van der Waals surface area contributed by atoms with Gasteiger partial charge in [-0.2, -0.15) is 0 Å². The van der Waals surface area contributed by atoms with Crippen LogP contribution in [0.2, 0.25) is 0 Å². The molecule has 0 saturated carbocycles. The van der Waals surface area contributed by atoms with Crippen LogP contribution >= 0.6 is 0 Å². The van der Waals surface area contributed by atoms with Gasteiger partial charge < -0.3 is 9.88 Å². The van der Waals surface area contributed by atoms with E-state index in [9.17, 15) is 4.79 Å². The number of hydrogen-bond acceptors (Lipinski definition) is 1. The molecular formula is C16H20N2O. The molecule has 1 aromatic carbocycles. The smallest absolute Gasteiger partial charge is 0.220 e. The van der Waals surface area contributed by atoms with Gasteiger partial charge in [0.2, 0.25) is 5.91 Å². The molecule has 0 bridgehead atoms. The third-order valence-electron chi connectivity index (χ3n) is 3.14. The van der Waals surface area contributed by atoms with E-state index >= 15 is 0 Å². The quantitative estimate of drug-likeness (QED) is 0.876. The van der Waals surface area contributed by atoms with Crippen LogP contribution in [0.15, 0.2) is 42.7 Å². The molecule has 3 nitrogen and oxygen atoms in total. The molecule has 19 heavy (non-hydrogen) atoms. The van der Waals surface area contributed by atoms with Crippen LogP contribution in [0.5, 0.6) is 0 Å². The number of carbonyl (C=O) groups excluding carboxylic acids is 1. The Kier molecular flexibility index (Phi) is 4.39. The lowest BCUT2D eigenvalue weighted by Gasteiger charge is -2.04. The topological polar surface area (TPSA) is 34.0 Å². The van der Waals surface area contributed by atoms with E-state index in [0.29, 0.717) is 13.0 Å². The van der Waals surface area contributed by atoms with Gasteiger partial charge in [-0.1, -0.05) is 29.8 Å². The van der Waals surface area contributed by atoms with Crippen LogP contribution in [0.4, 0.5) is 0 Å². The van der Waals surface area contributed by atoms with Gasteiger partial charge in [0.05, 0.1) is 0 Å². The molecule has 2 rings (SSSR count). The molecule has 0 atom stereocenters. The summed E-state index contributed by atoms with van der Waals surface area (Å²) in [6, 6.07) is 10.3. The van der Waals surface area contributed by atoms with E-state index < -0.39 is 0 Å². The Balaban J connectivity index is 1.74. The SMILES string of the molecule is Cc1ccc(CCC(=O)NCc2ccn(C)c2)cc1. The first-order valence-electron chi connectivity index (χ1n) is 6.56. The third-order valence-corrected chi connectivity index (χ3v) is 3.14. The van der Waals surface area contributed by atoms with Gasteiger partial charge in [-0.25, -0.2) is 0 Å². The van der Waals surface area contributed by atoms with Gasteiger partial charge in [0.1, 0.15) is 0 Å². The summed E-state index contributed by atoms with van der Waals surface area (Å²) < 4.78 is 1.98. The molecule has 3 heteroatoms. The average molecular weight is 256 g/mol. The minimum absolute atomic E-state index is 0.101. The second kappa shape index (κ2) is 6.23. The Labute approximate surface area is 114 Å². The van der Waals surface area contributed by atoms with Crippen molar-refractivity contribution in [2.24, 2.45) is 7.05 Å².